The predicted octanol–water partition coefficient (Wildman–Crippen LogP) is 3.52. The highest BCUT2D eigenvalue weighted by Crippen LogP contribution is 2.08. The maximum Gasteiger partial charge on any atom is 0.308 e. The van der Waals surface area contributed by atoms with Gasteiger partial charge in [-0.2, -0.15) is 0 Å². The molecule has 1 atom stereocenters. The number of carbonyl (C=O) groups is 2. The first kappa shape index (κ1) is 21.9. The molecule has 0 radical (unpaired) electrons. The molecule has 0 aromatic rings. The van der Waals surface area contributed by atoms with Crippen LogP contribution in [0.1, 0.15) is 71.6 Å². The maximum absolute atomic E-state index is 11.6. The average molecular weight is 332 g/mol. The number of carboxylic acid groups (broad SMARTS) is 1. The molecule has 0 rings (SSSR count). The second-order valence-electron chi connectivity index (χ2n) is 5.56. The lowest BCUT2D eigenvalue weighted by Gasteiger charge is -2.14. The van der Waals surface area contributed by atoms with Crippen LogP contribution in [0.15, 0.2) is 0 Å². The Balaban J connectivity index is 3.38. The van der Waals surface area contributed by atoms with Gasteiger partial charge in [0.1, 0.15) is 0 Å². The Morgan fingerprint density at radius 1 is 0.913 bits per heavy atom. The summed E-state index contributed by atoms with van der Waals surface area (Å²) < 4.78 is 15.8. The van der Waals surface area contributed by atoms with E-state index < -0.39 is 12.3 Å². The summed E-state index contributed by atoms with van der Waals surface area (Å²) in [5.41, 5.74) is 0. The monoisotopic (exact) mass is 332 g/mol. The number of unbranched alkanes of at least 4 members (excludes halogenated alkanes) is 5. The molecule has 6 heteroatoms. The van der Waals surface area contributed by atoms with E-state index in [1.807, 2.05) is 0 Å². The first-order valence-corrected chi connectivity index (χ1v) is 8.66. The van der Waals surface area contributed by atoms with Gasteiger partial charge in [0.15, 0.2) is 6.29 Å². The minimum absolute atomic E-state index is 0.221. The fourth-order valence-corrected chi connectivity index (χ4v) is 1.98. The van der Waals surface area contributed by atoms with E-state index in [2.05, 4.69) is 6.92 Å². The van der Waals surface area contributed by atoms with Crippen molar-refractivity contribution < 1.29 is 28.9 Å². The fraction of sp³-hybridized carbons (Fsp3) is 0.882. The van der Waals surface area contributed by atoms with Gasteiger partial charge in [-0.3, -0.25) is 9.59 Å². The minimum atomic E-state index is -0.752. The van der Waals surface area contributed by atoms with Gasteiger partial charge >= 0.3 is 11.9 Å². The highest BCUT2D eigenvalue weighted by Gasteiger charge is 2.09. The second-order valence-corrected chi connectivity index (χ2v) is 5.56. The molecule has 136 valence electrons. The van der Waals surface area contributed by atoms with Crippen LogP contribution in [0.4, 0.5) is 0 Å². The third-order valence-corrected chi connectivity index (χ3v) is 3.29. The van der Waals surface area contributed by atoms with Crippen LogP contribution in [-0.2, 0) is 23.8 Å². The first-order chi connectivity index (χ1) is 11.1. The van der Waals surface area contributed by atoms with Crippen LogP contribution in [0, 0.1) is 0 Å². The topological polar surface area (TPSA) is 82.1 Å². The Morgan fingerprint density at radius 2 is 1.57 bits per heavy atom. The quantitative estimate of drug-likeness (QED) is 0.264. The molecule has 0 aliphatic heterocycles. The number of carbonyl (C=O) groups excluding carboxylic acids is 1. The molecule has 23 heavy (non-hydrogen) atoms. The van der Waals surface area contributed by atoms with Crippen molar-refractivity contribution in [3.8, 4) is 0 Å². The number of aliphatic carboxylic acids is 1. The highest BCUT2D eigenvalue weighted by molar-refractivity contribution is 5.69. The summed E-state index contributed by atoms with van der Waals surface area (Å²) in [6, 6.07) is 0. The number of hydrogen-bond acceptors (Lipinski definition) is 5. The Labute approximate surface area is 139 Å². The van der Waals surface area contributed by atoms with Gasteiger partial charge in [-0.15, -0.1) is 0 Å². The number of hydrogen-bond donors (Lipinski definition) is 1. The maximum atomic E-state index is 11.6. The van der Waals surface area contributed by atoms with Crippen molar-refractivity contribution in [1.82, 2.24) is 0 Å². The zero-order valence-corrected chi connectivity index (χ0v) is 14.6. The Hall–Kier alpha value is -1.14. The summed E-state index contributed by atoms with van der Waals surface area (Å²) in [4.78, 5) is 21.9. The van der Waals surface area contributed by atoms with E-state index in [9.17, 15) is 9.59 Å². The van der Waals surface area contributed by atoms with Gasteiger partial charge in [0.05, 0.1) is 13.2 Å². The summed E-state index contributed by atoms with van der Waals surface area (Å²) in [6.07, 6.45) is 6.40. The molecule has 0 aromatic carbocycles. The lowest BCUT2D eigenvalue weighted by Crippen LogP contribution is -2.20. The number of rotatable bonds is 16. The van der Waals surface area contributed by atoms with Crippen molar-refractivity contribution >= 4 is 11.9 Å². The molecule has 0 aromatic heterocycles. The molecule has 0 aliphatic carbocycles. The van der Waals surface area contributed by atoms with Crippen molar-refractivity contribution in [1.29, 1.82) is 0 Å². The number of esters is 1. The van der Waals surface area contributed by atoms with E-state index in [1.165, 1.54) is 0 Å². The Kier molecular flexibility index (Phi) is 15.0. The normalized spacial score (nSPS) is 12.1. The molecular weight excluding hydrogens is 300 g/mol. The number of carboxylic acids is 1. The zero-order valence-electron chi connectivity index (χ0n) is 14.6. The average Bonchev–Trinajstić information content (AvgIpc) is 2.49. The fourth-order valence-electron chi connectivity index (χ4n) is 1.98. The molecule has 0 saturated heterocycles. The molecular formula is C17H32O6. The summed E-state index contributed by atoms with van der Waals surface area (Å²) in [5, 5.41) is 8.51. The van der Waals surface area contributed by atoms with E-state index in [0.717, 1.165) is 45.1 Å². The molecule has 0 saturated carbocycles. The van der Waals surface area contributed by atoms with Gasteiger partial charge in [0.2, 0.25) is 0 Å². The molecule has 6 nitrogen and oxygen atoms in total. The lowest BCUT2D eigenvalue weighted by molar-refractivity contribution is -0.177. The van der Waals surface area contributed by atoms with Gasteiger partial charge in [-0.05, 0) is 26.2 Å². The van der Waals surface area contributed by atoms with Gasteiger partial charge in [-0.1, -0.05) is 32.6 Å². The summed E-state index contributed by atoms with van der Waals surface area (Å²) in [5.74, 6) is -1.01. The van der Waals surface area contributed by atoms with Crippen LogP contribution in [-0.4, -0.2) is 43.2 Å². The second kappa shape index (κ2) is 15.7. The van der Waals surface area contributed by atoms with Crippen LogP contribution < -0.4 is 0 Å². The molecule has 0 aliphatic rings. The van der Waals surface area contributed by atoms with Crippen LogP contribution in [0.25, 0.3) is 0 Å². The smallest absolute Gasteiger partial charge is 0.308 e. The molecule has 0 bridgehead atoms. The SMILES string of the molecule is CCCCOCCOC(C)OC(=O)CCCCCCCC(=O)O. The lowest BCUT2D eigenvalue weighted by atomic mass is 10.1. The van der Waals surface area contributed by atoms with E-state index in [1.54, 1.807) is 6.92 Å². The Bertz CT molecular complexity index is 305. The van der Waals surface area contributed by atoms with Crippen LogP contribution in [0.3, 0.4) is 0 Å². The summed E-state index contributed by atoms with van der Waals surface area (Å²) in [7, 11) is 0. The van der Waals surface area contributed by atoms with Crippen molar-refractivity contribution in [2.45, 2.75) is 77.9 Å². The molecule has 0 spiro atoms. The molecule has 1 N–H and O–H groups in total. The van der Waals surface area contributed by atoms with Gasteiger partial charge < -0.3 is 19.3 Å². The molecule has 0 heterocycles. The summed E-state index contributed by atoms with van der Waals surface area (Å²) in [6.45, 7) is 5.48. The predicted molar refractivity (Wildman–Crippen MR) is 87.2 cm³/mol. The highest BCUT2D eigenvalue weighted by atomic mass is 16.7. The van der Waals surface area contributed by atoms with Crippen LogP contribution in [0.5, 0.6) is 0 Å². The summed E-state index contributed by atoms with van der Waals surface area (Å²) >= 11 is 0. The van der Waals surface area contributed by atoms with Gasteiger partial charge in [0.25, 0.3) is 0 Å². The minimum Gasteiger partial charge on any atom is -0.481 e. The zero-order chi connectivity index (χ0) is 17.3. The van der Waals surface area contributed by atoms with E-state index in [-0.39, 0.29) is 12.4 Å². The molecule has 1 unspecified atom stereocenters. The van der Waals surface area contributed by atoms with E-state index >= 15 is 0 Å². The third-order valence-electron chi connectivity index (χ3n) is 3.29. The van der Waals surface area contributed by atoms with Crippen molar-refractivity contribution in [2.24, 2.45) is 0 Å². The molecule has 0 fully saturated rings. The van der Waals surface area contributed by atoms with E-state index in [4.69, 9.17) is 19.3 Å². The third kappa shape index (κ3) is 17.1. The van der Waals surface area contributed by atoms with Crippen molar-refractivity contribution in [2.75, 3.05) is 19.8 Å². The van der Waals surface area contributed by atoms with Crippen LogP contribution in [0.2, 0.25) is 0 Å². The largest absolute Gasteiger partial charge is 0.481 e. The number of ether oxygens (including phenoxy) is 3. The van der Waals surface area contributed by atoms with Crippen LogP contribution >= 0.6 is 0 Å². The van der Waals surface area contributed by atoms with Crippen molar-refractivity contribution in [3.63, 3.8) is 0 Å². The van der Waals surface area contributed by atoms with Gasteiger partial charge in [0, 0.05) is 19.4 Å². The van der Waals surface area contributed by atoms with Crippen molar-refractivity contribution in [3.05, 3.63) is 0 Å². The standard InChI is InChI=1S/C17H32O6/c1-3-4-12-21-13-14-22-15(2)23-17(20)11-9-7-5-6-8-10-16(18)19/h15H,3-14H2,1-2H3,(H,18,19). The first-order valence-electron chi connectivity index (χ1n) is 8.66. The van der Waals surface area contributed by atoms with Gasteiger partial charge in [-0.25, -0.2) is 0 Å². The molecule has 0 amide bonds. The Morgan fingerprint density at radius 3 is 2.22 bits per heavy atom. The van der Waals surface area contributed by atoms with E-state index in [0.29, 0.717) is 26.1 Å².